The van der Waals surface area contributed by atoms with E-state index in [1.807, 2.05) is 0 Å². The molecular weight excluding hydrogens is 282 g/mol. The van der Waals surface area contributed by atoms with Crippen LogP contribution in [0.2, 0.25) is 0 Å². The minimum absolute atomic E-state index is 0.0318. The summed E-state index contributed by atoms with van der Waals surface area (Å²) in [4.78, 5) is 22.6. The third-order valence-corrected chi connectivity index (χ3v) is 3.98. The molecule has 0 radical (unpaired) electrons. The smallest absolute Gasteiger partial charge is 0.305 e. The average Bonchev–Trinajstić information content (AvgIpc) is 2.45. The molecule has 6 nitrogen and oxygen atoms in total. The van der Waals surface area contributed by atoms with Crippen LogP contribution in [0.1, 0.15) is 23.2 Å². The first-order valence-electron chi connectivity index (χ1n) is 6.07. The lowest BCUT2D eigenvalue weighted by Crippen LogP contribution is -2.31. The Morgan fingerprint density at radius 3 is 2.45 bits per heavy atom. The fourth-order valence-corrected chi connectivity index (χ4v) is 2.50. The number of methoxy groups -OCH3 is 1. The maximum atomic E-state index is 11.7. The standard InChI is InChI=1S/C13H17NO5S/c1-19-13(16)8-5-9-20(17,18)14-10-12(15)11-6-3-2-4-7-11/h2-4,6-7,14H,5,8-10H2,1H3. The number of esters is 1. The van der Waals surface area contributed by atoms with Gasteiger partial charge in [-0.2, -0.15) is 0 Å². The second-order valence-electron chi connectivity index (χ2n) is 4.11. The molecule has 0 fully saturated rings. The van der Waals surface area contributed by atoms with Crippen molar-refractivity contribution in [2.45, 2.75) is 12.8 Å². The number of ether oxygens (including phenoxy) is 1. The molecule has 0 aliphatic rings. The Bertz CT molecular complexity index is 553. The van der Waals surface area contributed by atoms with Gasteiger partial charge in [0.25, 0.3) is 0 Å². The highest BCUT2D eigenvalue weighted by Gasteiger charge is 2.14. The number of hydrogen-bond acceptors (Lipinski definition) is 5. The Morgan fingerprint density at radius 2 is 1.85 bits per heavy atom. The van der Waals surface area contributed by atoms with Crippen molar-refractivity contribution >= 4 is 21.8 Å². The van der Waals surface area contributed by atoms with Gasteiger partial charge in [-0.25, -0.2) is 13.1 Å². The first-order valence-corrected chi connectivity index (χ1v) is 7.72. The van der Waals surface area contributed by atoms with E-state index in [9.17, 15) is 18.0 Å². The second-order valence-corrected chi connectivity index (χ2v) is 6.04. The molecule has 0 saturated heterocycles. The molecule has 0 amide bonds. The fraction of sp³-hybridized carbons (Fsp3) is 0.385. The van der Waals surface area contributed by atoms with Crippen molar-refractivity contribution in [1.82, 2.24) is 4.72 Å². The van der Waals surface area contributed by atoms with Crippen LogP contribution in [0.5, 0.6) is 0 Å². The fourth-order valence-electron chi connectivity index (χ4n) is 1.48. The highest BCUT2D eigenvalue weighted by atomic mass is 32.2. The SMILES string of the molecule is COC(=O)CCCS(=O)(=O)NCC(=O)c1ccccc1. The van der Waals surface area contributed by atoms with Crippen LogP contribution in [-0.2, 0) is 19.6 Å². The number of hydrogen-bond donors (Lipinski definition) is 1. The molecule has 1 N–H and O–H groups in total. The van der Waals surface area contributed by atoms with Gasteiger partial charge in [-0.05, 0) is 6.42 Å². The van der Waals surface area contributed by atoms with Crippen LogP contribution in [-0.4, -0.2) is 39.6 Å². The summed E-state index contributed by atoms with van der Waals surface area (Å²) in [5.41, 5.74) is 0.449. The zero-order valence-corrected chi connectivity index (χ0v) is 12.0. The van der Waals surface area contributed by atoms with Gasteiger partial charge in [0.2, 0.25) is 10.0 Å². The summed E-state index contributed by atoms with van der Waals surface area (Å²) in [6.07, 6.45) is 0.186. The molecule has 0 aliphatic carbocycles. The molecule has 0 saturated carbocycles. The molecule has 1 rings (SSSR count). The van der Waals surface area contributed by atoms with Crippen LogP contribution < -0.4 is 4.72 Å². The van der Waals surface area contributed by atoms with Crippen LogP contribution in [0.4, 0.5) is 0 Å². The van der Waals surface area contributed by atoms with E-state index >= 15 is 0 Å². The van der Waals surface area contributed by atoms with Gasteiger partial charge in [-0.3, -0.25) is 9.59 Å². The van der Waals surface area contributed by atoms with Crippen molar-refractivity contribution in [3.05, 3.63) is 35.9 Å². The summed E-state index contributed by atoms with van der Waals surface area (Å²) >= 11 is 0. The van der Waals surface area contributed by atoms with Gasteiger partial charge in [0.05, 0.1) is 19.4 Å². The molecule has 0 unspecified atom stereocenters. The number of carbonyl (C=O) groups is 2. The maximum Gasteiger partial charge on any atom is 0.305 e. The van der Waals surface area contributed by atoms with Gasteiger partial charge < -0.3 is 4.74 Å². The monoisotopic (exact) mass is 299 g/mol. The molecular formula is C13H17NO5S. The lowest BCUT2D eigenvalue weighted by Gasteiger charge is -2.06. The van der Waals surface area contributed by atoms with Crippen LogP contribution >= 0.6 is 0 Å². The second kappa shape index (κ2) is 7.76. The van der Waals surface area contributed by atoms with Crippen LogP contribution in [0.25, 0.3) is 0 Å². The van der Waals surface area contributed by atoms with E-state index in [0.29, 0.717) is 5.56 Å². The van der Waals surface area contributed by atoms with E-state index in [4.69, 9.17) is 0 Å². The van der Waals surface area contributed by atoms with Gasteiger partial charge in [-0.1, -0.05) is 30.3 Å². The molecule has 7 heteroatoms. The van der Waals surface area contributed by atoms with Crippen LogP contribution in [0.15, 0.2) is 30.3 Å². The number of Topliss-reactive ketones (excluding diaryl/α,β-unsaturated/α-hetero) is 1. The summed E-state index contributed by atoms with van der Waals surface area (Å²) in [6, 6.07) is 8.42. The third kappa shape index (κ3) is 5.94. The van der Waals surface area contributed by atoms with E-state index in [1.165, 1.54) is 7.11 Å². The minimum atomic E-state index is -3.57. The molecule has 20 heavy (non-hydrogen) atoms. The van der Waals surface area contributed by atoms with E-state index in [2.05, 4.69) is 9.46 Å². The van der Waals surface area contributed by atoms with Crippen LogP contribution in [0.3, 0.4) is 0 Å². The Hall–Kier alpha value is -1.73. The van der Waals surface area contributed by atoms with E-state index in [-0.39, 0.29) is 30.9 Å². The third-order valence-electron chi connectivity index (χ3n) is 2.57. The zero-order chi connectivity index (χ0) is 15.0. The summed E-state index contributed by atoms with van der Waals surface area (Å²) in [7, 11) is -2.32. The van der Waals surface area contributed by atoms with Crippen molar-refractivity contribution in [3.8, 4) is 0 Å². The van der Waals surface area contributed by atoms with Gasteiger partial charge in [-0.15, -0.1) is 0 Å². The largest absolute Gasteiger partial charge is 0.469 e. The van der Waals surface area contributed by atoms with Crippen molar-refractivity contribution in [1.29, 1.82) is 0 Å². The van der Waals surface area contributed by atoms with Gasteiger partial charge in [0, 0.05) is 12.0 Å². The van der Waals surface area contributed by atoms with Gasteiger partial charge >= 0.3 is 5.97 Å². The Kier molecular flexibility index (Phi) is 6.33. The predicted octanol–water partition coefficient (Wildman–Crippen LogP) is 0.742. The molecule has 0 spiro atoms. The number of rotatable bonds is 8. The van der Waals surface area contributed by atoms with Gasteiger partial charge in [0.15, 0.2) is 5.78 Å². The summed E-state index contributed by atoms with van der Waals surface area (Å²) < 4.78 is 29.9. The Balaban J connectivity index is 2.40. The first-order chi connectivity index (χ1) is 9.44. The van der Waals surface area contributed by atoms with Crippen molar-refractivity contribution in [3.63, 3.8) is 0 Å². The lowest BCUT2D eigenvalue weighted by molar-refractivity contribution is -0.140. The van der Waals surface area contributed by atoms with E-state index < -0.39 is 16.0 Å². The molecule has 0 heterocycles. The number of nitrogens with one attached hydrogen (secondary N) is 1. The molecule has 0 bridgehead atoms. The summed E-state index contributed by atoms with van der Waals surface area (Å²) in [5.74, 6) is -0.979. The molecule has 0 atom stereocenters. The molecule has 0 aliphatic heterocycles. The maximum absolute atomic E-state index is 11.7. The van der Waals surface area contributed by atoms with Crippen LogP contribution in [0, 0.1) is 0 Å². The summed E-state index contributed by atoms with van der Waals surface area (Å²) in [5, 5.41) is 0. The Labute approximate surface area is 118 Å². The number of ketones is 1. The number of sulfonamides is 1. The summed E-state index contributed by atoms with van der Waals surface area (Å²) in [6.45, 7) is -0.287. The first kappa shape index (κ1) is 16.3. The van der Waals surface area contributed by atoms with Crippen molar-refractivity contribution in [2.75, 3.05) is 19.4 Å². The average molecular weight is 299 g/mol. The zero-order valence-electron chi connectivity index (χ0n) is 11.2. The van der Waals surface area contributed by atoms with Crippen molar-refractivity contribution in [2.24, 2.45) is 0 Å². The van der Waals surface area contributed by atoms with Crippen molar-refractivity contribution < 1.29 is 22.7 Å². The highest BCUT2D eigenvalue weighted by molar-refractivity contribution is 7.89. The van der Waals surface area contributed by atoms with E-state index in [1.54, 1.807) is 30.3 Å². The normalized spacial score (nSPS) is 11.1. The minimum Gasteiger partial charge on any atom is -0.469 e. The Morgan fingerprint density at radius 1 is 1.20 bits per heavy atom. The van der Waals surface area contributed by atoms with E-state index in [0.717, 1.165) is 0 Å². The quantitative estimate of drug-likeness (QED) is 0.565. The predicted molar refractivity (Wildman–Crippen MR) is 73.8 cm³/mol. The number of benzene rings is 1. The lowest BCUT2D eigenvalue weighted by atomic mass is 10.1. The molecule has 0 aromatic heterocycles. The molecule has 1 aromatic carbocycles. The topological polar surface area (TPSA) is 89.5 Å². The molecule has 110 valence electrons. The van der Waals surface area contributed by atoms with Gasteiger partial charge in [0.1, 0.15) is 0 Å². The molecule has 1 aromatic rings. The number of carbonyl (C=O) groups excluding carboxylic acids is 2. The highest BCUT2D eigenvalue weighted by Crippen LogP contribution is 2.00.